The Bertz CT molecular complexity index is 6990. The molecule has 1 aliphatic heterocycles. The third-order valence-corrected chi connectivity index (χ3v) is 30.3. The van der Waals surface area contributed by atoms with Crippen LogP contribution < -0.4 is 36.7 Å². The summed E-state index contributed by atoms with van der Waals surface area (Å²) in [6.07, 6.45) is 31.2. The van der Waals surface area contributed by atoms with Gasteiger partial charge in [-0.2, -0.15) is 34.2 Å². The van der Waals surface area contributed by atoms with Crippen LogP contribution in [0.2, 0.25) is 0 Å². The highest BCUT2D eigenvalue weighted by atomic mass is 32.1. The van der Waals surface area contributed by atoms with Crippen molar-refractivity contribution in [2.24, 2.45) is 33.0 Å². The molecular formula is C110H118F2N16O7S3. The van der Waals surface area contributed by atoms with E-state index in [2.05, 4.69) is 289 Å². The normalized spacial score (nSPS) is 15.3. The number of aromatic amines is 7. The van der Waals surface area contributed by atoms with E-state index in [9.17, 15) is 32.8 Å². The van der Waals surface area contributed by atoms with Crippen molar-refractivity contribution in [1.29, 1.82) is 0 Å². The molecule has 15 aromatic rings. The van der Waals surface area contributed by atoms with Crippen LogP contribution in [0.4, 0.5) is 14.5 Å². The van der Waals surface area contributed by atoms with E-state index in [1.807, 2.05) is 24.3 Å². The lowest BCUT2D eigenvalue weighted by molar-refractivity contribution is -0.116. The summed E-state index contributed by atoms with van der Waals surface area (Å²) in [5, 5.41) is 28.9. The van der Waals surface area contributed by atoms with Crippen LogP contribution in [0.3, 0.4) is 0 Å². The summed E-state index contributed by atoms with van der Waals surface area (Å²) >= 11 is 5.14. The molecule has 28 heteroatoms. The number of nitrogens with zero attached hydrogens (tertiary/aromatic N) is 9. The lowest BCUT2D eigenvalue weighted by atomic mass is 9.71. The molecule has 5 aromatic carbocycles. The quantitative estimate of drug-likeness (QED) is 0.0225. The number of hydrogen-bond donors (Lipinski definition) is 7. The number of halogens is 2. The standard InChI is InChI=1S/C29H32N4OS.C28H30N4OS.C27H30N4OS.C26H26F2N4O4/c1-5-22-14-15-25(35-22)23-16-24(32-28(34)26(23)27-30-17-31-33-27)20-8-6-18(7-9-20)19-10-12-21(13-11-19)29(2,3)4;1-3-5-18-6-8-19(9-7-18)20-10-12-21(13-11-20)24-16-23(25-15-14-22(4-2)34-25)26(28(33)31-24)27-29-17-30-32-27;1-4-20-9-10-23(33-20)21-15-22(30-26(32)24(21)25-28-16-29-31-25)19-7-5-17(6-8-19)18-11-13-27(2,3)14-12-18;1-2-3-4-5-14-35-19-10-8-18(9-11-19)22-15-21(17-6-12-20(13-7-17)36-26(27)28)24(25(34)30-22)32-23(33)16-29-31-32/h6-10,14-17,21H,5,11-13H2,1-4H3,(H,32,34)(H,30,31,33);8,10-18H,3-7,9H2,1-2H3,(H,31,33)(H,29,30,32);5-10,15-16,18H,4,11-14H2,1-3H3,(H,30,32)(H,28,29,31);6-13,15,26H,2-5,14,16H2,1H3,(H,30,34). The van der Waals surface area contributed by atoms with E-state index >= 15 is 0 Å². The second-order valence-electron chi connectivity index (χ2n) is 37.4. The molecule has 19 rings (SSSR count). The molecule has 0 radical (unpaired) electrons. The Morgan fingerprint density at radius 3 is 1.27 bits per heavy atom. The van der Waals surface area contributed by atoms with E-state index < -0.39 is 18.1 Å². The van der Waals surface area contributed by atoms with Crippen molar-refractivity contribution in [1.82, 2.24) is 65.5 Å². The molecule has 1 fully saturated rings. The average Bonchev–Trinajstić information content (AvgIpc) is 1.26. The number of thiophene rings is 3. The number of amides is 1. The average molecular weight is 1910 g/mol. The number of pyridine rings is 4. The summed E-state index contributed by atoms with van der Waals surface area (Å²) in [7, 11) is 0. The Kier molecular flexibility index (Phi) is 31.6. The summed E-state index contributed by atoms with van der Waals surface area (Å²) in [6.45, 7) is 20.1. The number of nitrogens with one attached hydrogen (secondary N) is 7. The summed E-state index contributed by atoms with van der Waals surface area (Å²) in [5.74, 6) is 3.91. The molecule has 4 aliphatic rings. The summed E-state index contributed by atoms with van der Waals surface area (Å²) in [6, 6.07) is 59.6. The lowest BCUT2D eigenvalue weighted by Gasteiger charge is -2.34. The minimum atomic E-state index is -2.96. The number of aryl methyl sites for hydroxylation is 3. The fraction of sp³-hybridized carbons (Fsp3) is 0.336. The van der Waals surface area contributed by atoms with Gasteiger partial charge < -0.3 is 29.4 Å². The van der Waals surface area contributed by atoms with E-state index in [0.29, 0.717) is 74.3 Å². The van der Waals surface area contributed by atoms with Gasteiger partial charge in [0.15, 0.2) is 17.5 Å². The first kappa shape index (κ1) is 97.5. The van der Waals surface area contributed by atoms with Gasteiger partial charge in [-0.3, -0.25) is 39.3 Å². The number of carbonyl (C=O) groups excluding carboxylic acids is 1. The van der Waals surface area contributed by atoms with Crippen molar-refractivity contribution in [3.05, 3.63) is 286 Å². The number of allylic oxidation sites excluding steroid dienone is 4. The number of hydrogen-bond acceptors (Lipinski definition) is 18. The fourth-order valence-electron chi connectivity index (χ4n) is 18.5. The Morgan fingerprint density at radius 2 is 0.884 bits per heavy atom. The topological polar surface area (TPSA) is 320 Å². The monoisotopic (exact) mass is 1910 g/mol. The van der Waals surface area contributed by atoms with Gasteiger partial charge in [0.25, 0.3) is 28.1 Å². The van der Waals surface area contributed by atoms with Gasteiger partial charge in [-0.1, -0.05) is 204 Å². The minimum absolute atomic E-state index is 0.000407. The van der Waals surface area contributed by atoms with Gasteiger partial charge in [0, 0.05) is 74.3 Å². The van der Waals surface area contributed by atoms with Crippen LogP contribution in [0.15, 0.2) is 243 Å². The third-order valence-electron chi connectivity index (χ3n) is 26.5. The SMILES string of the molecule is CCCC1CC=C(c2ccc(-c3cc(-c4ccc(CC)s4)c(-c4ncn[nH]4)c(=O)[nH]3)cc2)CC1.CCCCCCOc1ccc(-c2cc(-c3ccc(OC(F)F)cc3)c(N3N=NCC3=O)c(=O)[nH]2)cc1.CCc1ccc(-c2cc(-c3ccc(C4=CCC(C(C)(C)C)CC4)cc3)[nH]c(=O)c2-c2ncn[nH]2)s1.CCc1ccc(-c2cc(-c3ccc(C4CCC(C)(C)CC4)cc3)[nH]c(=O)c2-c2ncn[nH]2)s1. The fourth-order valence-corrected chi connectivity index (χ4v) is 21.4. The predicted molar refractivity (Wildman–Crippen MR) is 553 cm³/mol. The van der Waals surface area contributed by atoms with Crippen molar-refractivity contribution in [3.8, 4) is 133 Å². The number of H-pyrrole nitrogens is 7. The Morgan fingerprint density at radius 1 is 0.464 bits per heavy atom. The first-order chi connectivity index (χ1) is 66.9. The van der Waals surface area contributed by atoms with Gasteiger partial charge in [0.1, 0.15) is 42.7 Å². The van der Waals surface area contributed by atoms with E-state index in [4.69, 9.17) is 4.74 Å². The summed E-state index contributed by atoms with van der Waals surface area (Å²) in [5.41, 5.74) is 18.4. The molecule has 0 bridgehead atoms. The minimum Gasteiger partial charge on any atom is -0.494 e. The number of carbonyl (C=O) groups is 1. The molecule has 3 aliphatic carbocycles. The second-order valence-corrected chi connectivity index (χ2v) is 40.9. The Labute approximate surface area is 813 Å². The molecule has 1 saturated carbocycles. The second kappa shape index (κ2) is 44.7. The number of rotatable bonds is 28. The zero-order valence-corrected chi connectivity index (χ0v) is 82.2. The molecule has 0 saturated heterocycles. The van der Waals surface area contributed by atoms with Crippen LogP contribution in [-0.2, 0) is 24.1 Å². The molecule has 7 N–H and O–H groups in total. The molecule has 712 valence electrons. The van der Waals surface area contributed by atoms with Crippen molar-refractivity contribution in [2.45, 2.75) is 204 Å². The maximum Gasteiger partial charge on any atom is 0.387 e. The molecule has 2 unspecified atom stereocenters. The maximum absolute atomic E-state index is 13.3. The largest absolute Gasteiger partial charge is 0.494 e. The number of aromatic nitrogens is 13. The third kappa shape index (κ3) is 23.6. The Hall–Kier alpha value is -13.6. The van der Waals surface area contributed by atoms with E-state index in [1.165, 1.54) is 150 Å². The van der Waals surface area contributed by atoms with Gasteiger partial charge in [0.05, 0.1) is 23.3 Å². The highest BCUT2D eigenvalue weighted by molar-refractivity contribution is 7.16. The van der Waals surface area contributed by atoms with Crippen LogP contribution in [-0.4, -0.2) is 91.2 Å². The van der Waals surface area contributed by atoms with E-state index in [0.717, 1.165) is 151 Å². The van der Waals surface area contributed by atoms with Crippen molar-refractivity contribution < 1.29 is 23.0 Å². The van der Waals surface area contributed by atoms with Crippen LogP contribution in [0.5, 0.6) is 11.5 Å². The van der Waals surface area contributed by atoms with Crippen LogP contribution in [0.25, 0.3) is 133 Å². The molecule has 1 amide bonds. The smallest absolute Gasteiger partial charge is 0.387 e. The number of alkyl halides is 2. The first-order valence-corrected chi connectivity index (χ1v) is 50.5. The van der Waals surface area contributed by atoms with Gasteiger partial charge in [0.2, 0.25) is 0 Å². The number of ether oxygens (including phenoxy) is 2. The highest BCUT2D eigenvalue weighted by Crippen LogP contribution is 2.46. The van der Waals surface area contributed by atoms with Crippen molar-refractivity contribution in [2.75, 3.05) is 18.2 Å². The number of unbranched alkanes of at least 4 members (excludes halogenated alkanes) is 3. The number of benzene rings is 5. The van der Waals surface area contributed by atoms with E-state index in [-0.39, 0.29) is 34.7 Å². The molecule has 23 nitrogen and oxygen atoms in total. The molecule has 0 spiro atoms. The first-order valence-electron chi connectivity index (χ1n) is 48.0. The predicted octanol–water partition coefficient (Wildman–Crippen LogP) is 27.2. The van der Waals surface area contributed by atoms with Gasteiger partial charge >= 0.3 is 6.61 Å². The Balaban J connectivity index is 0.000000133. The lowest BCUT2D eigenvalue weighted by Crippen LogP contribution is -2.29. The summed E-state index contributed by atoms with van der Waals surface area (Å²) in [4.78, 5) is 97.0. The maximum atomic E-state index is 13.3. The van der Waals surface area contributed by atoms with E-state index in [1.54, 1.807) is 40.1 Å². The van der Waals surface area contributed by atoms with Crippen molar-refractivity contribution in [3.63, 3.8) is 0 Å². The highest BCUT2D eigenvalue weighted by Gasteiger charge is 2.32. The molecule has 138 heavy (non-hydrogen) atoms. The van der Waals surface area contributed by atoms with Crippen molar-refractivity contribution >= 4 is 56.8 Å². The van der Waals surface area contributed by atoms with Crippen LogP contribution >= 0.6 is 34.0 Å². The summed E-state index contributed by atoms with van der Waals surface area (Å²) < 4.78 is 35.3. The van der Waals surface area contributed by atoms with Crippen LogP contribution in [0.1, 0.15) is 209 Å². The van der Waals surface area contributed by atoms with Gasteiger partial charge in [-0.15, -0.1) is 34.0 Å². The van der Waals surface area contributed by atoms with Gasteiger partial charge in [-0.05, 0) is 271 Å². The molecular weight excluding hydrogens is 1790 g/mol. The van der Waals surface area contributed by atoms with Gasteiger partial charge in [-0.25, -0.2) is 15.0 Å². The molecule has 10 aromatic heterocycles. The number of anilines is 1. The molecule has 2 atom stereocenters. The zero-order chi connectivity index (χ0) is 96.6. The zero-order valence-electron chi connectivity index (χ0n) is 79.7. The van der Waals surface area contributed by atoms with Crippen LogP contribution in [0, 0.1) is 22.7 Å². The molecule has 11 heterocycles.